The third kappa shape index (κ3) is 3.74. The number of rotatable bonds is 5. The van der Waals surface area contributed by atoms with Crippen LogP contribution in [0.1, 0.15) is 19.0 Å². The summed E-state index contributed by atoms with van der Waals surface area (Å²) in [5, 5.41) is 0. The minimum atomic E-state index is 0.689. The van der Waals surface area contributed by atoms with E-state index >= 15 is 0 Å². The average molecular weight is 239 g/mol. The summed E-state index contributed by atoms with van der Waals surface area (Å²) in [6.45, 7) is 2.76. The molecule has 1 aromatic carbocycles. The first kappa shape index (κ1) is 12.4. The van der Waals surface area contributed by atoms with E-state index in [4.69, 9.17) is 4.74 Å². The van der Waals surface area contributed by atoms with Gasteiger partial charge in [0.1, 0.15) is 5.75 Å². The number of pyridine rings is 1. The van der Waals surface area contributed by atoms with Crippen LogP contribution in [-0.4, -0.2) is 11.6 Å². The molecule has 1 heterocycles. The Hall–Kier alpha value is -2.09. The summed E-state index contributed by atoms with van der Waals surface area (Å²) >= 11 is 0. The molecule has 2 heteroatoms. The maximum absolute atomic E-state index is 5.63. The number of nitrogens with zero attached hydrogens (tertiary/aromatic N) is 1. The highest BCUT2D eigenvalue weighted by atomic mass is 16.5. The third-order valence-corrected chi connectivity index (χ3v) is 2.65. The molecule has 0 radical (unpaired) electrons. The molecule has 0 aliphatic carbocycles. The molecule has 2 aromatic rings. The second kappa shape index (κ2) is 6.60. The molecule has 0 amide bonds. The number of para-hydroxylation sites is 1. The number of hydrogen-bond acceptors (Lipinski definition) is 2. The number of ether oxygens (including phenoxy) is 1. The lowest BCUT2D eigenvalue weighted by atomic mass is 10.1. The van der Waals surface area contributed by atoms with Gasteiger partial charge in [-0.05, 0) is 36.8 Å². The fourth-order valence-electron chi connectivity index (χ4n) is 1.67. The van der Waals surface area contributed by atoms with Crippen molar-refractivity contribution in [2.75, 3.05) is 6.61 Å². The van der Waals surface area contributed by atoms with Crippen LogP contribution in [0.4, 0.5) is 0 Å². The Morgan fingerprint density at radius 3 is 2.61 bits per heavy atom. The predicted molar refractivity (Wildman–Crippen MR) is 74.4 cm³/mol. The summed E-state index contributed by atoms with van der Waals surface area (Å²) in [5.74, 6) is 0.918. The van der Waals surface area contributed by atoms with E-state index in [9.17, 15) is 0 Å². The summed E-state index contributed by atoms with van der Waals surface area (Å²) < 4.78 is 5.63. The molecule has 0 aliphatic heterocycles. The highest BCUT2D eigenvalue weighted by molar-refractivity contribution is 5.59. The van der Waals surface area contributed by atoms with Crippen LogP contribution in [-0.2, 0) is 0 Å². The van der Waals surface area contributed by atoms with E-state index < -0.39 is 0 Å². The monoisotopic (exact) mass is 239 g/mol. The highest BCUT2D eigenvalue weighted by Gasteiger charge is 1.95. The molecule has 18 heavy (non-hydrogen) atoms. The normalized spacial score (nSPS) is 11.3. The van der Waals surface area contributed by atoms with Crippen LogP contribution in [0.3, 0.4) is 0 Å². The summed E-state index contributed by atoms with van der Waals surface area (Å²) in [6.07, 6.45) is 4.86. The van der Waals surface area contributed by atoms with Crippen LogP contribution in [0.2, 0.25) is 0 Å². The van der Waals surface area contributed by atoms with Crippen molar-refractivity contribution in [3.63, 3.8) is 0 Å². The molecular weight excluding hydrogens is 222 g/mol. The SMILES string of the molecule is C/C(=C\CCOc1ccccc1)c1ccccn1. The van der Waals surface area contributed by atoms with E-state index in [-0.39, 0.29) is 0 Å². The quantitative estimate of drug-likeness (QED) is 0.737. The van der Waals surface area contributed by atoms with Gasteiger partial charge in [0.05, 0.1) is 12.3 Å². The lowest BCUT2D eigenvalue weighted by Gasteiger charge is -2.04. The van der Waals surface area contributed by atoms with Crippen LogP contribution >= 0.6 is 0 Å². The van der Waals surface area contributed by atoms with Crippen molar-refractivity contribution in [2.24, 2.45) is 0 Å². The minimum Gasteiger partial charge on any atom is -0.493 e. The molecule has 92 valence electrons. The largest absolute Gasteiger partial charge is 0.493 e. The Morgan fingerprint density at radius 2 is 1.89 bits per heavy atom. The maximum atomic E-state index is 5.63. The second-order valence-corrected chi connectivity index (χ2v) is 4.05. The molecule has 0 spiro atoms. The summed E-state index contributed by atoms with van der Waals surface area (Å²) in [6, 6.07) is 15.8. The van der Waals surface area contributed by atoms with Gasteiger partial charge in [-0.2, -0.15) is 0 Å². The standard InChI is InChI=1S/C16H17NO/c1-14(16-11-5-6-12-17-16)8-7-13-18-15-9-3-2-4-10-15/h2-6,8-12H,7,13H2,1H3/b14-8+. The lowest BCUT2D eigenvalue weighted by Crippen LogP contribution is -1.95. The molecule has 0 saturated carbocycles. The fraction of sp³-hybridized carbons (Fsp3) is 0.188. The van der Waals surface area contributed by atoms with Gasteiger partial charge in [-0.15, -0.1) is 0 Å². The number of benzene rings is 1. The van der Waals surface area contributed by atoms with Gasteiger partial charge in [-0.25, -0.2) is 0 Å². The topological polar surface area (TPSA) is 22.1 Å². The molecular formula is C16H17NO. The van der Waals surface area contributed by atoms with E-state index in [0.29, 0.717) is 6.61 Å². The van der Waals surface area contributed by atoms with E-state index in [1.807, 2.05) is 54.7 Å². The Kier molecular flexibility index (Phi) is 4.53. The number of hydrogen-bond donors (Lipinski definition) is 0. The van der Waals surface area contributed by atoms with Crippen molar-refractivity contribution in [3.8, 4) is 5.75 Å². The van der Waals surface area contributed by atoms with Gasteiger partial charge in [0, 0.05) is 12.6 Å². The first-order valence-electron chi connectivity index (χ1n) is 6.12. The van der Waals surface area contributed by atoms with Gasteiger partial charge in [-0.1, -0.05) is 30.3 Å². The zero-order valence-corrected chi connectivity index (χ0v) is 10.5. The van der Waals surface area contributed by atoms with Gasteiger partial charge in [0.15, 0.2) is 0 Å². The van der Waals surface area contributed by atoms with Crippen molar-refractivity contribution in [3.05, 3.63) is 66.5 Å². The van der Waals surface area contributed by atoms with Gasteiger partial charge in [0.2, 0.25) is 0 Å². The minimum absolute atomic E-state index is 0.689. The summed E-state index contributed by atoms with van der Waals surface area (Å²) in [5.41, 5.74) is 2.21. The second-order valence-electron chi connectivity index (χ2n) is 4.05. The molecule has 0 saturated heterocycles. The van der Waals surface area contributed by atoms with E-state index in [1.165, 1.54) is 5.57 Å². The van der Waals surface area contributed by atoms with Gasteiger partial charge in [-0.3, -0.25) is 4.98 Å². The smallest absolute Gasteiger partial charge is 0.119 e. The first-order valence-corrected chi connectivity index (χ1v) is 6.12. The molecule has 0 atom stereocenters. The molecule has 2 rings (SSSR count). The number of aromatic nitrogens is 1. The predicted octanol–water partition coefficient (Wildman–Crippen LogP) is 3.95. The van der Waals surface area contributed by atoms with E-state index in [0.717, 1.165) is 17.9 Å². The fourth-order valence-corrected chi connectivity index (χ4v) is 1.67. The van der Waals surface area contributed by atoms with Gasteiger partial charge in [0.25, 0.3) is 0 Å². The Balaban J connectivity index is 1.81. The zero-order valence-electron chi connectivity index (χ0n) is 10.5. The van der Waals surface area contributed by atoms with Gasteiger partial charge >= 0.3 is 0 Å². The molecule has 1 aromatic heterocycles. The van der Waals surface area contributed by atoms with Crippen LogP contribution in [0.15, 0.2) is 60.8 Å². The Labute approximate surface area is 108 Å². The summed E-state index contributed by atoms with van der Waals surface area (Å²) in [4.78, 5) is 4.31. The number of allylic oxidation sites excluding steroid dienone is 1. The van der Waals surface area contributed by atoms with Gasteiger partial charge < -0.3 is 4.74 Å². The van der Waals surface area contributed by atoms with Crippen LogP contribution in [0, 0.1) is 0 Å². The summed E-state index contributed by atoms with van der Waals surface area (Å²) in [7, 11) is 0. The molecule has 0 aliphatic rings. The molecule has 0 unspecified atom stereocenters. The lowest BCUT2D eigenvalue weighted by molar-refractivity contribution is 0.325. The molecule has 0 bridgehead atoms. The van der Waals surface area contributed by atoms with Crippen molar-refractivity contribution in [2.45, 2.75) is 13.3 Å². The highest BCUT2D eigenvalue weighted by Crippen LogP contribution is 2.12. The van der Waals surface area contributed by atoms with Crippen LogP contribution in [0.25, 0.3) is 5.57 Å². The maximum Gasteiger partial charge on any atom is 0.119 e. The Morgan fingerprint density at radius 1 is 1.11 bits per heavy atom. The zero-order chi connectivity index (χ0) is 12.6. The first-order chi connectivity index (χ1) is 8.86. The van der Waals surface area contributed by atoms with Crippen molar-refractivity contribution < 1.29 is 4.74 Å². The van der Waals surface area contributed by atoms with Crippen LogP contribution in [0.5, 0.6) is 5.75 Å². The third-order valence-electron chi connectivity index (χ3n) is 2.65. The molecule has 0 fully saturated rings. The van der Waals surface area contributed by atoms with Crippen molar-refractivity contribution >= 4 is 5.57 Å². The van der Waals surface area contributed by atoms with Crippen LogP contribution < -0.4 is 4.74 Å². The molecule has 0 N–H and O–H groups in total. The van der Waals surface area contributed by atoms with Crippen molar-refractivity contribution in [1.82, 2.24) is 4.98 Å². The average Bonchev–Trinajstić information content (AvgIpc) is 2.45. The molecule has 2 nitrogen and oxygen atoms in total. The van der Waals surface area contributed by atoms with Crippen molar-refractivity contribution in [1.29, 1.82) is 0 Å². The van der Waals surface area contributed by atoms with E-state index in [1.54, 1.807) is 0 Å². The van der Waals surface area contributed by atoms with E-state index in [2.05, 4.69) is 18.0 Å². The Bertz CT molecular complexity index is 491.